The summed E-state index contributed by atoms with van der Waals surface area (Å²) >= 11 is 12.2. The van der Waals surface area contributed by atoms with E-state index >= 15 is 0 Å². The van der Waals surface area contributed by atoms with Gasteiger partial charge in [0.15, 0.2) is 5.82 Å². The molecule has 4 rings (SSSR count). The molecule has 1 saturated heterocycles. The Morgan fingerprint density at radius 1 is 0.938 bits per heavy atom. The normalized spacial score (nSPS) is 15.0. The highest BCUT2D eigenvalue weighted by atomic mass is 35.5. The molecule has 2 aromatic carbocycles. The summed E-state index contributed by atoms with van der Waals surface area (Å²) in [6, 6.07) is 15.5. The second kappa shape index (κ2) is 9.62. The topological polar surface area (TPSA) is 75.6 Å². The molecular formula is C22H22Cl2N4O3S. The summed E-state index contributed by atoms with van der Waals surface area (Å²) in [5.74, 6) is 1.34. The zero-order valence-corrected chi connectivity index (χ0v) is 19.7. The lowest BCUT2D eigenvalue weighted by Crippen LogP contribution is -2.48. The van der Waals surface area contributed by atoms with E-state index in [0.717, 1.165) is 5.56 Å². The number of hydrogen-bond acceptors (Lipinski definition) is 6. The smallest absolute Gasteiger partial charge is 0.243 e. The molecule has 7 nitrogen and oxygen atoms in total. The van der Waals surface area contributed by atoms with E-state index in [1.807, 2.05) is 24.0 Å². The van der Waals surface area contributed by atoms with Crippen molar-refractivity contribution in [3.63, 3.8) is 0 Å². The molecule has 1 aromatic heterocycles. The first kappa shape index (κ1) is 22.8. The van der Waals surface area contributed by atoms with E-state index in [9.17, 15) is 8.42 Å². The van der Waals surface area contributed by atoms with E-state index < -0.39 is 10.0 Å². The highest BCUT2D eigenvalue weighted by Gasteiger charge is 2.29. The molecule has 0 bridgehead atoms. The molecule has 10 heteroatoms. The van der Waals surface area contributed by atoms with E-state index in [1.54, 1.807) is 42.5 Å². The molecule has 168 valence electrons. The molecule has 2 heterocycles. The van der Waals surface area contributed by atoms with Crippen molar-refractivity contribution in [3.8, 4) is 17.0 Å². The number of piperazine rings is 1. The molecular weight excluding hydrogens is 471 g/mol. The molecule has 3 aromatic rings. The standard InChI is InChI=1S/C22H22Cl2N4O3S/c1-2-31-17-4-6-18(7-5-17)32(29,30)28-13-11-27(12-14-28)22-10-9-21(25-26-22)19-8-3-16(23)15-20(19)24/h3-10,15H,2,11-14H2,1H3. The first-order chi connectivity index (χ1) is 15.4. The lowest BCUT2D eigenvalue weighted by molar-refractivity contribution is 0.340. The van der Waals surface area contributed by atoms with Gasteiger partial charge < -0.3 is 9.64 Å². The van der Waals surface area contributed by atoms with E-state index in [1.165, 1.54) is 4.31 Å². The number of nitrogens with zero attached hydrogens (tertiary/aromatic N) is 4. The Balaban J connectivity index is 1.42. The highest BCUT2D eigenvalue weighted by molar-refractivity contribution is 7.89. The first-order valence-corrected chi connectivity index (χ1v) is 12.3. The Morgan fingerprint density at radius 2 is 1.66 bits per heavy atom. The van der Waals surface area contributed by atoms with Gasteiger partial charge in [-0.25, -0.2) is 8.42 Å². The van der Waals surface area contributed by atoms with Crippen LogP contribution >= 0.6 is 23.2 Å². The quantitative estimate of drug-likeness (QED) is 0.508. The summed E-state index contributed by atoms with van der Waals surface area (Å²) in [5, 5.41) is 9.67. The van der Waals surface area contributed by atoms with Gasteiger partial charge in [-0.05, 0) is 61.5 Å². The fourth-order valence-corrected chi connectivity index (χ4v) is 5.44. The SMILES string of the molecule is CCOc1ccc(S(=O)(=O)N2CCN(c3ccc(-c4ccc(Cl)cc4Cl)nn3)CC2)cc1. The van der Waals surface area contributed by atoms with Crippen molar-refractivity contribution < 1.29 is 13.2 Å². The largest absolute Gasteiger partial charge is 0.494 e. The number of benzene rings is 2. The van der Waals surface area contributed by atoms with Gasteiger partial charge in [0.1, 0.15) is 5.75 Å². The van der Waals surface area contributed by atoms with Crippen LogP contribution in [-0.4, -0.2) is 55.7 Å². The molecule has 1 aliphatic rings. The molecule has 0 radical (unpaired) electrons. The fraction of sp³-hybridized carbons (Fsp3) is 0.273. The van der Waals surface area contributed by atoms with Crippen LogP contribution in [0.5, 0.6) is 5.75 Å². The molecule has 0 aliphatic carbocycles. The van der Waals surface area contributed by atoms with Crippen LogP contribution in [0.3, 0.4) is 0 Å². The van der Waals surface area contributed by atoms with Gasteiger partial charge in [-0.1, -0.05) is 23.2 Å². The van der Waals surface area contributed by atoms with Crippen molar-refractivity contribution in [1.82, 2.24) is 14.5 Å². The van der Waals surface area contributed by atoms with Gasteiger partial charge in [-0.3, -0.25) is 0 Å². The maximum atomic E-state index is 13.0. The van der Waals surface area contributed by atoms with Crippen LogP contribution < -0.4 is 9.64 Å². The van der Waals surface area contributed by atoms with Gasteiger partial charge >= 0.3 is 0 Å². The molecule has 0 saturated carbocycles. The predicted molar refractivity (Wildman–Crippen MR) is 126 cm³/mol. The summed E-state index contributed by atoms with van der Waals surface area (Å²) in [4.78, 5) is 2.28. The molecule has 1 fully saturated rings. The van der Waals surface area contributed by atoms with Crippen LogP contribution in [0.1, 0.15) is 6.92 Å². The monoisotopic (exact) mass is 492 g/mol. The second-order valence-electron chi connectivity index (χ2n) is 7.20. The zero-order valence-electron chi connectivity index (χ0n) is 17.4. The average molecular weight is 493 g/mol. The van der Waals surface area contributed by atoms with Gasteiger partial charge in [-0.15, -0.1) is 10.2 Å². The van der Waals surface area contributed by atoms with Crippen LogP contribution in [0.25, 0.3) is 11.3 Å². The van der Waals surface area contributed by atoms with Crippen LogP contribution in [0.2, 0.25) is 10.0 Å². The Morgan fingerprint density at radius 3 is 2.25 bits per heavy atom. The van der Waals surface area contributed by atoms with Crippen molar-refractivity contribution >= 4 is 39.0 Å². The molecule has 0 N–H and O–H groups in total. The van der Waals surface area contributed by atoms with Gasteiger partial charge in [0.25, 0.3) is 0 Å². The molecule has 0 atom stereocenters. The summed E-state index contributed by atoms with van der Waals surface area (Å²) in [6.07, 6.45) is 0. The number of ether oxygens (including phenoxy) is 1. The van der Waals surface area contributed by atoms with Crippen molar-refractivity contribution in [2.75, 3.05) is 37.7 Å². The fourth-order valence-electron chi connectivity index (χ4n) is 3.52. The van der Waals surface area contributed by atoms with Gasteiger partial charge in [0, 0.05) is 36.8 Å². The predicted octanol–water partition coefficient (Wildman–Crippen LogP) is 4.36. The molecule has 0 amide bonds. The average Bonchev–Trinajstić information content (AvgIpc) is 2.80. The third kappa shape index (κ3) is 4.83. The maximum Gasteiger partial charge on any atom is 0.243 e. The zero-order chi connectivity index (χ0) is 22.7. The van der Waals surface area contributed by atoms with Crippen LogP contribution in [-0.2, 0) is 10.0 Å². The lowest BCUT2D eigenvalue weighted by Gasteiger charge is -2.34. The number of halogens is 2. The third-order valence-corrected chi connectivity index (χ3v) is 7.65. The van der Waals surface area contributed by atoms with Gasteiger partial charge in [0.05, 0.1) is 22.2 Å². The molecule has 1 aliphatic heterocycles. The number of aromatic nitrogens is 2. The van der Waals surface area contributed by atoms with E-state index in [-0.39, 0.29) is 4.90 Å². The summed E-state index contributed by atoms with van der Waals surface area (Å²) < 4.78 is 32.8. The highest BCUT2D eigenvalue weighted by Crippen LogP contribution is 2.29. The van der Waals surface area contributed by atoms with E-state index in [0.29, 0.717) is 60.1 Å². The Hall–Kier alpha value is -2.39. The minimum Gasteiger partial charge on any atom is -0.494 e. The Labute approximate surface area is 197 Å². The first-order valence-electron chi connectivity index (χ1n) is 10.2. The number of hydrogen-bond donors (Lipinski definition) is 0. The van der Waals surface area contributed by atoms with E-state index in [2.05, 4.69) is 10.2 Å². The summed E-state index contributed by atoms with van der Waals surface area (Å²) in [6.45, 7) is 4.18. The van der Waals surface area contributed by atoms with Crippen LogP contribution in [0.15, 0.2) is 59.5 Å². The minimum atomic E-state index is -3.56. The second-order valence-corrected chi connectivity index (χ2v) is 9.98. The number of rotatable bonds is 6. The molecule has 0 spiro atoms. The van der Waals surface area contributed by atoms with Crippen molar-refractivity contribution in [1.29, 1.82) is 0 Å². The summed E-state index contributed by atoms with van der Waals surface area (Å²) in [7, 11) is -3.56. The van der Waals surface area contributed by atoms with Crippen molar-refractivity contribution in [2.24, 2.45) is 0 Å². The van der Waals surface area contributed by atoms with Crippen molar-refractivity contribution in [2.45, 2.75) is 11.8 Å². The maximum absolute atomic E-state index is 13.0. The van der Waals surface area contributed by atoms with Crippen LogP contribution in [0, 0.1) is 0 Å². The van der Waals surface area contributed by atoms with Crippen molar-refractivity contribution in [3.05, 3.63) is 64.6 Å². The van der Waals surface area contributed by atoms with E-state index in [4.69, 9.17) is 27.9 Å². The Bertz CT molecular complexity index is 1180. The third-order valence-electron chi connectivity index (χ3n) is 5.19. The molecule has 32 heavy (non-hydrogen) atoms. The number of anilines is 1. The lowest BCUT2D eigenvalue weighted by atomic mass is 10.1. The van der Waals surface area contributed by atoms with Crippen LogP contribution in [0.4, 0.5) is 5.82 Å². The summed E-state index contributed by atoms with van der Waals surface area (Å²) in [5.41, 5.74) is 1.40. The molecule has 0 unspecified atom stereocenters. The van der Waals surface area contributed by atoms with Gasteiger partial charge in [0.2, 0.25) is 10.0 Å². The minimum absolute atomic E-state index is 0.262. The number of sulfonamides is 1. The Kier molecular flexibility index (Phi) is 6.85. The van der Waals surface area contributed by atoms with Gasteiger partial charge in [-0.2, -0.15) is 4.31 Å².